The van der Waals surface area contributed by atoms with Gasteiger partial charge in [-0.1, -0.05) is 6.92 Å². The Labute approximate surface area is 91.0 Å². The summed E-state index contributed by atoms with van der Waals surface area (Å²) in [6.07, 6.45) is 1.04. The van der Waals surface area contributed by atoms with Crippen LogP contribution in [0.5, 0.6) is 0 Å². The molecule has 5 heteroatoms. The smallest absolute Gasteiger partial charge is 0.240 e. The molecule has 0 aliphatic heterocycles. The molecule has 0 aromatic heterocycles. The first-order valence-corrected chi connectivity index (χ1v) is 5.17. The van der Waals surface area contributed by atoms with Crippen molar-refractivity contribution in [3.05, 3.63) is 0 Å². The summed E-state index contributed by atoms with van der Waals surface area (Å²) < 4.78 is 4.94. The molecule has 0 aliphatic carbocycles. The summed E-state index contributed by atoms with van der Waals surface area (Å²) in [6, 6.07) is -0.179. The van der Waals surface area contributed by atoms with E-state index in [-0.39, 0.29) is 18.6 Å². The van der Waals surface area contributed by atoms with E-state index in [0.29, 0.717) is 19.4 Å². The van der Waals surface area contributed by atoms with E-state index in [2.05, 4.69) is 5.32 Å². The van der Waals surface area contributed by atoms with E-state index in [1.54, 1.807) is 14.0 Å². The number of rotatable bonds is 7. The molecule has 0 aromatic carbocycles. The predicted octanol–water partition coefficient (Wildman–Crippen LogP) is -0.373. The van der Waals surface area contributed by atoms with Crippen LogP contribution in [0.15, 0.2) is 0 Å². The first-order chi connectivity index (χ1) is 6.97. The van der Waals surface area contributed by atoms with E-state index < -0.39 is 5.54 Å². The molecule has 90 valence electrons. The van der Waals surface area contributed by atoms with Crippen LogP contribution in [0.1, 0.15) is 26.7 Å². The summed E-state index contributed by atoms with van der Waals surface area (Å²) in [5, 5.41) is 11.6. The Kier molecular flexibility index (Phi) is 6.47. The van der Waals surface area contributed by atoms with Crippen molar-refractivity contribution < 1.29 is 14.6 Å². The molecule has 0 rings (SSSR count). The topological polar surface area (TPSA) is 84.6 Å². The van der Waals surface area contributed by atoms with Gasteiger partial charge in [-0.3, -0.25) is 4.79 Å². The summed E-state index contributed by atoms with van der Waals surface area (Å²) in [5.41, 5.74) is 4.93. The van der Waals surface area contributed by atoms with E-state index >= 15 is 0 Å². The van der Waals surface area contributed by atoms with Gasteiger partial charge in [-0.25, -0.2) is 0 Å². The number of methoxy groups -OCH3 is 1. The lowest BCUT2D eigenvalue weighted by Gasteiger charge is -2.25. The van der Waals surface area contributed by atoms with E-state index in [1.807, 2.05) is 6.92 Å². The van der Waals surface area contributed by atoms with Gasteiger partial charge in [0.25, 0.3) is 0 Å². The molecule has 1 amide bonds. The molecule has 0 aromatic rings. The van der Waals surface area contributed by atoms with Crippen molar-refractivity contribution in [2.75, 3.05) is 20.3 Å². The van der Waals surface area contributed by atoms with Gasteiger partial charge in [0.05, 0.1) is 18.2 Å². The minimum absolute atomic E-state index is 0.0156. The second-order valence-corrected chi connectivity index (χ2v) is 3.91. The molecule has 4 N–H and O–H groups in total. The van der Waals surface area contributed by atoms with Crippen LogP contribution in [-0.2, 0) is 9.53 Å². The lowest BCUT2D eigenvalue weighted by molar-refractivity contribution is -0.127. The number of ether oxygens (including phenoxy) is 1. The molecule has 0 saturated carbocycles. The monoisotopic (exact) mass is 218 g/mol. The summed E-state index contributed by atoms with van der Waals surface area (Å²) in [6.45, 7) is 3.94. The van der Waals surface area contributed by atoms with Gasteiger partial charge >= 0.3 is 0 Å². The Morgan fingerprint density at radius 2 is 2.27 bits per heavy atom. The van der Waals surface area contributed by atoms with Crippen molar-refractivity contribution >= 4 is 5.91 Å². The van der Waals surface area contributed by atoms with E-state index in [4.69, 9.17) is 15.6 Å². The highest BCUT2D eigenvalue weighted by Gasteiger charge is 2.27. The van der Waals surface area contributed by atoms with Crippen LogP contribution in [0.3, 0.4) is 0 Å². The van der Waals surface area contributed by atoms with Crippen molar-refractivity contribution in [2.45, 2.75) is 38.3 Å². The Morgan fingerprint density at radius 1 is 1.67 bits per heavy atom. The molecule has 0 bridgehead atoms. The molecule has 15 heavy (non-hydrogen) atoms. The van der Waals surface area contributed by atoms with Crippen LogP contribution in [0.25, 0.3) is 0 Å². The highest BCUT2D eigenvalue weighted by atomic mass is 16.5. The molecule has 2 unspecified atom stereocenters. The van der Waals surface area contributed by atoms with Crippen molar-refractivity contribution in [2.24, 2.45) is 5.73 Å². The summed E-state index contributed by atoms with van der Waals surface area (Å²) in [5.74, 6) is -0.208. The number of aliphatic hydroxyl groups is 1. The standard InChI is InChI=1S/C10H22N2O3/c1-4-10(2,11)9(14)12-8(5-6-13)7-15-3/h8,13H,4-7,11H2,1-3H3,(H,12,14). The molecule has 5 nitrogen and oxygen atoms in total. The van der Waals surface area contributed by atoms with Gasteiger partial charge in [0, 0.05) is 13.7 Å². The number of hydrogen-bond acceptors (Lipinski definition) is 4. The molecule has 0 heterocycles. The third-order valence-electron chi connectivity index (χ3n) is 2.43. The van der Waals surface area contributed by atoms with Crippen LogP contribution >= 0.6 is 0 Å². The first kappa shape index (κ1) is 14.3. The zero-order valence-electron chi connectivity index (χ0n) is 9.75. The molecule has 0 fully saturated rings. The minimum atomic E-state index is -0.860. The third kappa shape index (κ3) is 5.11. The fraction of sp³-hybridized carbons (Fsp3) is 0.900. The van der Waals surface area contributed by atoms with Gasteiger partial charge in [0.2, 0.25) is 5.91 Å². The molecular formula is C10H22N2O3. The third-order valence-corrected chi connectivity index (χ3v) is 2.43. The molecule has 0 saturated heterocycles. The average Bonchev–Trinajstić information content (AvgIpc) is 2.18. The number of amides is 1. The normalized spacial score (nSPS) is 16.9. The van der Waals surface area contributed by atoms with Crippen LogP contribution in [0.2, 0.25) is 0 Å². The Hall–Kier alpha value is -0.650. The van der Waals surface area contributed by atoms with E-state index in [9.17, 15) is 4.79 Å². The van der Waals surface area contributed by atoms with Crippen molar-refractivity contribution in [1.29, 1.82) is 0 Å². The average molecular weight is 218 g/mol. The minimum Gasteiger partial charge on any atom is -0.396 e. The second-order valence-electron chi connectivity index (χ2n) is 3.91. The molecule has 0 aliphatic rings. The van der Waals surface area contributed by atoms with Crippen molar-refractivity contribution in [3.8, 4) is 0 Å². The number of carbonyl (C=O) groups excluding carboxylic acids is 1. The molecular weight excluding hydrogens is 196 g/mol. The molecule has 2 atom stereocenters. The Morgan fingerprint density at radius 3 is 2.67 bits per heavy atom. The molecule has 0 spiro atoms. The van der Waals surface area contributed by atoms with E-state index in [1.165, 1.54) is 0 Å². The number of nitrogens with two attached hydrogens (primary N) is 1. The van der Waals surface area contributed by atoms with Gasteiger partial charge in [0.15, 0.2) is 0 Å². The van der Waals surface area contributed by atoms with Crippen LogP contribution in [0.4, 0.5) is 0 Å². The maximum Gasteiger partial charge on any atom is 0.240 e. The highest BCUT2D eigenvalue weighted by molar-refractivity contribution is 5.85. The fourth-order valence-corrected chi connectivity index (χ4v) is 1.07. The van der Waals surface area contributed by atoms with Gasteiger partial charge < -0.3 is 20.9 Å². The van der Waals surface area contributed by atoms with Gasteiger partial charge in [-0.15, -0.1) is 0 Å². The highest BCUT2D eigenvalue weighted by Crippen LogP contribution is 2.05. The lowest BCUT2D eigenvalue weighted by atomic mass is 9.99. The predicted molar refractivity (Wildman–Crippen MR) is 58.4 cm³/mol. The maximum atomic E-state index is 11.7. The second kappa shape index (κ2) is 6.76. The van der Waals surface area contributed by atoms with Crippen LogP contribution in [-0.4, -0.2) is 42.9 Å². The van der Waals surface area contributed by atoms with Crippen LogP contribution < -0.4 is 11.1 Å². The molecule has 0 radical (unpaired) electrons. The number of hydrogen-bond donors (Lipinski definition) is 3. The first-order valence-electron chi connectivity index (χ1n) is 5.17. The zero-order valence-corrected chi connectivity index (χ0v) is 9.75. The maximum absolute atomic E-state index is 11.7. The Bertz CT molecular complexity index is 189. The SMILES string of the molecule is CCC(C)(N)C(=O)NC(CCO)COC. The quantitative estimate of drug-likeness (QED) is 0.544. The van der Waals surface area contributed by atoms with E-state index in [0.717, 1.165) is 0 Å². The summed E-state index contributed by atoms with van der Waals surface area (Å²) in [4.78, 5) is 11.7. The van der Waals surface area contributed by atoms with Crippen molar-refractivity contribution in [1.82, 2.24) is 5.32 Å². The van der Waals surface area contributed by atoms with Gasteiger partial charge in [-0.2, -0.15) is 0 Å². The largest absolute Gasteiger partial charge is 0.396 e. The summed E-state index contributed by atoms with van der Waals surface area (Å²) >= 11 is 0. The number of nitrogens with one attached hydrogen (secondary N) is 1. The number of carbonyl (C=O) groups is 1. The van der Waals surface area contributed by atoms with Crippen LogP contribution in [0, 0.1) is 0 Å². The lowest BCUT2D eigenvalue weighted by Crippen LogP contribution is -2.54. The van der Waals surface area contributed by atoms with Crippen molar-refractivity contribution in [3.63, 3.8) is 0 Å². The van der Waals surface area contributed by atoms with Gasteiger partial charge in [-0.05, 0) is 19.8 Å². The zero-order chi connectivity index (χ0) is 11.9. The van der Waals surface area contributed by atoms with Gasteiger partial charge in [0.1, 0.15) is 0 Å². The number of aliphatic hydroxyl groups excluding tert-OH is 1. The Balaban J connectivity index is 4.21. The summed E-state index contributed by atoms with van der Waals surface area (Å²) in [7, 11) is 1.55. The fourth-order valence-electron chi connectivity index (χ4n) is 1.07.